The van der Waals surface area contributed by atoms with E-state index >= 15 is 0 Å². The lowest BCUT2D eigenvalue weighted by Crippen LogP contribution is -2.49. The first kappa shape index (κ1) is 21.1. The first-order valence-electron chi connectivity index (χ1n) is 10.6. The van der Waals surface area contributed by atoms with Gasteiger partial charge in [-0.2, -0.15) is 5.10 Å². The number of anilines is 2. The second-order valence-corrected chi connectivity index (χ2v) is 8.19. The molecule has 12 heteroatoms. The number of aromatic nitrogens is 4. The molecule has 0 atom stereocenters. The first-order valence-corrected chi connectivity index (χ1v) is 10.9. The number of ether oxygens (including phenoxy) is 1. The predicted molar refractivity (Wildman–Crippen MR) is 125 cm³/mol. The van der Waals surface area contributed by atoms with E-state index in [0.717, 1.165) is 5.69 Å². The van der Waals surface area contributed by atoms with Gasteiger partial charge in [-0.25, -0.2) is 14.6 Å². The van der Waals surface area contributed by atoms with Crippen molar-refractivity contribution >= 4 is 40.0 Å². The van der Waals surface area contributed by atoms with Crippen LogP contribution in [0.5, 0.6) is 5.75 Å². The topological polar surface area (TPSA) is 126 Å². The number of nitrogens with zero attached hydrogens (tertiary/aromatic N) is 6. The average Bonchev–Trinajstić information content (AvgIpc) is 3.49. The van der Waals surface area contributed by atoms with Crippen molar-refractivity contribution in [2.45, 2.75) is 12.7 Å². The van der Waals surface area contributed by atoms with Gasteiger partial charge in [0.05, 0.1) is 17.5 Å². The Labute approximate surface area is 195 Å². The van der Waals surface area contributed by atoms with Crippen LogP contribution in [0.15, 0.2) is 36.9 Å². The van der Waals surface area contributed by atoms with Gasteiger partial charge in [-0.15, -0.1) is 0 Å². The van der Waals surface area contributed by atoms with E-state index in [4.69, 9.17) is 22.1 Å². The Bertz CT molecular complexity index is 1210. The fourth-order valence-corrected chi connectivity index (χ4v) is 4.35. The van der Waals surface area contributed by atoms with Crippen molar-refractivity contribution in [3.05, 3.63) is 47.6 Å². The second kappa shape index (κ2) is 8.66. The molecule has 0 saturated carbocycles. The molecule has 0 radical (unpaired) electrons. The van der Waals surface area contributed by atoms with Crippen molar-refractivity contribution in [3.63, 3.8) is 0 Å². The molecular formula is C21H24ClN9O2. The van der Waals surface area contributed by atoms with Gasteiger partial charge in [0.2, 0.25) is 5.91 Å². The molecule has 0 aliphatic carbocycles. The molecule has 1 fully saturated rings. The van der Waals surface area contributed by atoms with Crippen LogP contribution in [0.4, 0.5) is 11.5 Å². The summed E-state index contributed by atoms with van der Waals surface area (Å²) in [6.45, 7) is 2.68. The van der Waals surface area contributed by atoms with Crippen molar-refractivity contribution in [2.75, 3.05) is 43.9 Å². The third kappa shape index (κ3) is 3.95. The minimum Gasteiger partial charge on any atom is -0.495 e. The maximum Gasteiger partial charge on any atom is 0.244 e. The number of nitrogens with one attached hydrogen (secondary N) is 2. The van der Waals surface area contributed by atoms with Crippen LogP contribution in [0.1, 0.15) is 11.9 Å². The van der Waals surface area contributed by atoms with Crippen LogP contribution in [-0.4, -0.2) is 63.8 Å². The molecule has 11 nitrogen and oxygen atoms in total. The number of nitrogen functional groups attached to an aromatic ring is 1. The van der Waals surface area contributed by atoms with Gasteiger partial charge < -0.3 is 30.9 Å². The summed E-state index contributed by atoms with van der Waals surface area (Å²) in [6.07, 6.45) is 4.71. The highest BCUT2D eigenvalue weighted by Crippen LogP contribution is 2.30. The standard InChI is InChI=1S/C21H24ClN9O2/c1-33-15-10-13(2-3-14(15)22)29-6-8-30(9-7-29)16(32)11-31-21-17(19(23)26-12-27-21)18(28-31)20-24-4-5-25-20/h2-5,10,12,20,24-25H,6-9,11H2,1H3,(H2,23,26,27). The van der Waals surface area contributed by atoms with Crippen molar-refractivity contribution in [1.29, 1.82) is 0 Å². The van der Waals surface area contributed by atoms with Crippen molar-refractivity contribution in [3.8, 4) is 5.75 Å². The quantitative estimate of drug-likeness (QED) is 0.503. The molecule has 2 aliphatic rings. The van der Waals surface area contributed by atoms with Gasteiger partial charge in [0.1, 0.15) is 36.3 Å². The maximum atomic E-state index is 13.1. The Kier molecular flexibility index (Phi) is 5.55. The molecule has 1 amide bonds. The molecule has 4 heterocycles. The third-order valence-corrected chi connectivity index (χ3v) is 6.20. The zero-order valence-corrected chi connectivity index (χ0v) is 18.8. The number of piperazine rings is 1. The van der Waals surface area contributed by atoms with Gasteiger partial charge in [-0.1, -0.05) is 11.6 Å². The van der Waals surface area contributed by atoms with Crippen LogP contribution >= 0.6 is 11.6 Å². The molecule has 2 aromatic heterocycles. The number of halogens is 1. The predicted octanol–water partition coefficient (Wildman–Crippen LogP) is 1.08. The minimum atomic E-state index is -0.253. The van der Waals surface area contributed by atoms with Crippen LogP contribution in [0.2, 0.25) is 5.02 Å². The summed E-state index contributed by atoms with van der Waals surface area (Å²) in [5, 5.41) is 12.2. The largest absolute Gasteiger partial charge is 0.495 e. The molecule has 3 aromatic rings. The van der Waals surface area contributed by atoms with Gasteiger partial charge in [-0.3, -0.25) is 4.79 Å². The third-order valence-electron chi connectivity index (χ3n) is 5.89. The fourth-order valence-electron chi connectivity index (χ4n) is 4.15. The fraction of sp³-hybridized carbons (Fsp3) is 0.333. The SMILES string of the molecule is COc1cc(N2CCN(C(=O)Cn3nc(C4NC=CN4)c4c(N)ncnc43)CC2)ccc1Cl. The first-order chi connectivity index (χ1) is 16.0. The second-order valence-electron chi connectivity index (χ2n) is 7.79. The summed E-state index contributed by atoms with van der Waals surface area (Å²) in [7, 11) is 1.60. The number of rotatable bonds is 5. The van der Waals surface area contributed by atoms with E-state index in [1.54, 1.807) is 24.2 Å². The number of hydrogen-bond acceptors (Lipinski definition) is 9. The summed E-state index contributed by atoms with van der Waals surface area (Å²) < 4.78 is 6.92. The van der Waals surface area contributed by atoms with Crippen LogP contribution < -0.4 is 26.0 Å². The number of benzene rings is 1. The number of nitrogens with two attached hydrogens (primary N) is 1. The minimum absolute atomic E-state index is 0.0260. The number of methoxy groups -OCH3 is 1. The van der Waals surface area contributed by atoms with E-state index in [1.807, 2.05) is 23.1 Å². The van der Waals surface area contributed by atoms with Crippen LogP contribution in [0, 0.1) is 0 Å². The Hall–Kier alpha value is -3.73. The van der Waals surface area contributed by atoms with Gasteiger partial charge in [0.15, 0.2) is 5.65 Å². The summed E-state index contributed by atoms with van der Waals surface area (Å²) in [6, 6.07) is 5.70. The van der Waals surface area contributed by atoms with Crippen LogP contribution in [0.3, 0.4) is 0 Å². The number of carbonyl (C=O) groups is 1. The lowest BCUT2D eigenvalue weighted by Gasteiger charge is -2.36. The van der Waals surface area contributed by atoms with Gasteiger partial charge in [0.25, 0.3) is 0 Å². The molecule has 0 spiro atoms. The highest BCUT2D eigenvalue weighted by molar-refractivity contribution is 6.32. The summed E-state index contributed by atoms with van der Waals surface area (Å²) >= 11 is 6.14. The maximum absolute atomic E-state index is 13.1. The zero-order chi connectivity index (χ0) is 22.9. The molecule has 33 heavy (non-hydrogen) atoms. The summed E-state index contributed by atoms with van der Waals surface area (Å²) in [4.78, 5) is 25.6. The molecule has 0 bridgehead atoms. The molecule has 1 saturated heterocycles. The highest BCUT2D eigenvalue weighted by atomic mass is 35.5. The number of fused-ring (bicyclic) bond motifs is 1. The molecule has 0 unspecified atom stereocenters. The van der Waals surface area contributed by atoms with E-state index in [0.29, 0.717) is 59.5 Å². The summed E-state index contributed by atoms with van der Waals surface area (Å²) in [5.41, 5.74) is 8.32. The monoisotopic (exact) mass is 469 g/mol. The molecule has 1 aromatic carbocycles. The number of hydrogen-bond donors (Lipinski definition) is 3. The zero-order valence-electron chi connectivity index (χ0n) is 18.0. The van der Waals surface area contributed by atoms with Crippen molar-refractivity contribution < 1.29 is 9.53 Å². The normalized spacial score (nSPS) is 16.2. The Morgan fingerprint density at radius 1 is 1.21 bits per heavy atom. The Morgan fingerprint density at radius 3 is 2.70 bits per heavy atom. The lowest BCUT2D eigenvalue weighted by atomic mass is 10.2. The Morgan fingerprint density at radius 2 is 1.97 bits per heavy atom. The van der Waals surface area contributed by atoms with E-state index in [2.05, 4.69) is 30.6 Å². The Balaban J connectivity index is 1.29. The van der Waals surface area contributed by atoms with Crippen molar-refractivity contribution in [1.82, 2.24) is 35.3 Å². The lowest BCUT2D eigenvalue weighted by molar-refractivity contribution is -0.132. The van der Waals surface area contributed by atoms with Crippen molar-refractivity contribution in [2.24, 2.45) is 0 Å². The molecular weight excluding hydrogens is 446 g/mol. The van der Waals surface area contributed by atoms with Gasteiger partial charge >= 0.3 is 0 Å². The van der Waals surface area contributed by atoms with E-state index in [1.165, 1.54) is 6.33 Å². The number of carbonyl (C=O) groups excluding carboxylic acids is 1. The number of amides is 1. The molecule has 5 rings (SSSR count). The molecule has 2 aliphatic heterocycles. The molecule has 172 valence electrons. The highest BCUT2D eigenvalue weighted by Gasteiger charge is 2.26. The van der Waals surface area contributed by atoms with E-state index in [9.17, 15) is 4.79 Å². The van der Waals surface area contributed by atoms with E-state index in [-0.39, 0.29) is 18.6 Å². The van der Waals surface area contributed by atoms with Crippen LogP contribution in [-0.2, 0) is 11.3 Å². The average molecular weight is 470 g/mol. The van der Waals surface area contributed by atoms with Gasteiger partial charge in [-0.05, 0) is 12.1 Å². The molecule has 4 N–H and O–H groups in total. The summed E-state index contributed by atoms with van der Waals surface area (Å²) in [5.74, 6) is 0.940. The smallest absolute Gasteiger partial charge is 0.244 e. The van der Waals surface area contributed by atoms with Gasteiger partial charge in [0, 0.05) is 50.3 Å². The van der Waals surface area contributed by atoms with Crippen LogP contribution in [0.25, 0.3) is 11.0 Å². The van der Waals surface area contributed by atoms with E-state index < -0.39 is 0 Å².